The van der Waals surface area contributed by atoms with Crippen LogP contribution in [0.25, 0.3) is 6.08 Å². The first-order chi connectivity index (χ1) is 9.51. The molecule has 0 radical (unpaired) electrons. The van der Waals surface area contributed by atoms with E-state index in [1.807, 2.05) is 18.2 Å². The third kappa shape index (κ3) is 3.15. The van der Waals surface area contributed by atoms with Crippen LogP contribution in [-0.4, -0.2) is 19.6 Å². The maximum Gasteiger partial charge on any atom is 0.205 e. The summed E-state index contributed by atoms with van der Waals surface area (Å²) < 4.78 is 25.1. The highest BCUT2D eigenvalue weighted by molar-refractivity contribution is 7.95. The van der Waals surface area contributed by atoms with E-state index in [9.17, 15) is 13.5 Å². The molecule has 20 heavy (non-hydrogen) atoms. The number of aliphatic hydroxyl groups is 1. The van der Waals surface area contributed by atoms with Crippen LogP contribution in [0, 0.1) is 0 Å². The van der Waals surface area contributed by atoms with Gasteiger partial charge in [-0.1, -0.05) is 48.5 Å². The largest absolute Gasteiger partial charge is 0.388 e. The maximum absolute atomic E-state index is 12.5. The first-order valence-electron chi connectivity index (χ1n) is 6.26. The zero-order valence-electron chi connectivity index (χ0n) is 11.1. The lowest BCUT2D eigenvalue weighted by Gasteiger charge is -2.12. The van der Waals surface area contributed by atoms with E-state index in [0.717, 1.165) is 5.56 Å². The van der Waals surface area contributed by atoms with Crippen LogP contribution in [0.1, 0.15) is 12.5 Å². The molecule has 1 atom stereocenters. The first-order valence-corrected chi connectivity index (χ1v) is 7.75. The van der Waals surface area contributed by atoms with Crippen LogP contribution in [0.5, 0.6) is 0 Å². The van der Waals surface area contributed by atoms with Gasteiger partial charge in [0.15, 0.2) is 0 Å². The van der Waals surface area contributed by atoms with Crippen molar-refractivity contribution >= 4 is 15.9 Å². The third-order valence-electron chi connectivity index (χ3n) is 2.88. The molecule has 0 aliphatic rings. The minimum Gasteiger partial charge on any atom is -0.388 e. The van der Waals surface area contributed by atoms with E-state index in [1.165, 1.54) is 25.1 Å². The Balaban J connectivity index is 2.53. The lowest BCUT2D eigenvalue weighted by Crippen LogP contribution is -2.15. The van der Waals surface area contributed by atoms with E-state index in [0.29, 0.717) is 0 Å². The van der Waals surface area contributed by atoms with Crippen LogP contribution >= 0.6 is 0 Å². The normalized spacial score (nSPS) is 14.0. The summed E-state index contributed by atoms with van der Waals surface area (Å²) in [4.78, 5) is 0.179. The minimum absolute atomic E-state index is 0.00472. The van der Waals surface area contributed by atoms with E-state index in [1.54, 1.807) is 30.3 Å². The minimum atomic E-state index is -3.69. The van der Waals surface area contributed by atoms with Gasteiger partial charge in [0.2, 0.25) is 9.84 Å². The second-order valence-electron chi connectivity index (χ2n) is 4.45. The lowest BCUT2D eigenvalue weighted by atomic mass is 10.2. The molecule has 2 aromatic carbocycles. The summed E-state index contributed by atoms with van der Waals surface area (Å²) in [6.07, 6.45) is 0.438. The van der Waals surface area contributed by atoms with Gasteiger partial charge >= 0.3 is 0 Å². The molecule has 2 rings (SSSR count). The van der Waals surface area contributed by atoms with Gasteiger partial charge in [-0.25, -0.2) is 8.42 Å². The molecular formula is C16H16O3S. The number of sulfone groups is 1. The number of hydrogen-bond donors (Lipinski definition) is 1. The van der Waals surface area contributed by atoms with Crippen molar-refractivity contribution in [2.45, 2.75) is 17.9 Å². The van der Waals surface area contributed by atoms with Gasteiger partial charge < -0.3 is 5.11 Å². The molecule has 0 spiro atoms. The molecular weight excluding hydrogens is 272 g/mol. The molecule has 0 unspecified atom stereocenters. The Hall–Kier alpha value is -1.91. The summed E-state index contributed by atoms with van der Waals surface area (Å²) in [5.41, 5.74) is 0.739. The zero-order chi connectivity index (χ0) is 14.6. The SMILES string of the molecule is C[C@H](O)/C(=C\c1ccccc1)S(=O)(=O)c1ccccc1. The summed E-state index contributed by atoms with van der Waals surface area (Å²) in [7, 11) is -3.69. The fourth-order valence-electron chi connectivity index (χ4n) is 1.87. The monoisotopic (exact) mass is 288 g/mol. The average Bonchev–Trinajstić information content (AvgIpc) is 2.46. The molecule has 0 bridgehead atoms. The topological polar surface area (TPSA) is 54.4 Å². The van der Waals surface area contributed by atoms with Crippen LogP contribution in [0.4, 0.5) is 0 Å². The molecule has 0 saturated heterocycles. The summed E-state index contributed by atoms with van der Waals surface area (Å²) in [5, 5.41) is 9.82. The Bertz CT molecular complexity index is 687. The van der Waals surface area contributed by atoms with Gasteiger partial charge in [-0.05, 0) is 30.7 Å². The van der Waals surface area contributed by atoms with Crippen LogP contribution in [0.3, 0.4) is 0 Å². The Kier molecular flexibility index (Phi) is 4.37. The summed E-state index contributed by atoms with van der Waals surface area (Å²) in [5.74, 6) is 0. The van der Waals surface area contributed by atoms with Crippen LogP contribution in [-0.2, 0) is 9.84 Å². The van der Waals surface area contributed by atoms with Crippen molar-refractivity contribution < 1.29 is 13.5 Å². The predicted molar refractivity (Wildman–Crippen MR) is 79.7 cm³/mol. The molecule has 0 aromatic heterocycles. The Morgan fingerprint density at radius 2 is 1.50 bits per heavy atom. The molecule has 2 aromatic rings. The Labute approximate surface area is 119 Å². The Morgan fingerprint density at radius 3 is 2.00 bits per heavy atom. The lowest BCUT2D eigenvalue weighted by molar-refractivity contribution is 0.240. The smallest absolute Gasteiger partial charge is 0.205 e. The molecule has 4 heteroatoms. The highest BCUT2D eigenvalue weighted by Crippen LogP contribution is 2.24. The summed E-state index contributed by atoms with van der Waals surface area (Å²) in [6.45, 7) is 1.45. The molecule has 3 nitrogen and oxygen atoms in total. The Morgan fingerprint density at radius 1 is 1.00 bits per heavy atom. The summed E-state index contributed by atoms with van der Waals surface area (Å²) in [6, 6.07) is 17.2. The molecule has 0 amide bonds. The molecule has 0 aliphatic heterocycles. The van der Waals surface area contributed by atoms with Gasteiger partial charge in [0.1, 0.15) is 0 Å². The van der Waals surface area contributed by atoms with Gasteiger partial charge in [-0.3, -0.25) is 0 Å². The van der Waals surface area contributed by atoms with Crippen molar-refractivity contribution in [3.63, 3.8) is 0 Å². The molecule has 0 saturated carbocycles. The fraction of sp³-hybridized carbons (Fsp3) is 0.125. The van der Waals surface area contributed by atoms with Gasteiger partial charge in [0.25, 0.3) is 0 Å². The van der Waals surface area contributed by atoms with Crippen LogP contribution in [0.15, 0.2) is 70.5 Å². The van der Waals surface area contributed by atoms with Crippen LogP contribution < -0.4 is 0 Å². The van der Waals surface area contributed by atoms with Gasteiger partial charge in [0, 0.05) is 0 Å². The highest BCUT2D eigenvalue weighted by Gasteiger charge is 2.24. The molecule has 104 valence electrons. The standard InChI is InChI=1S/C16H16O3S/c1-13(17)16(12-14-8-4-2-5-9-14)20(18,19)15-10-6-3-7-11-15/h2-13,17H,1H3/b16-12+/t13-/m0/s1. The third-order valence-corrected chi connectivity index (χ3v) is 4.86. The van der Waals surface area contributed by atoms with Crippen molar-refractivity contribution in [2.24, 2.45) is 0 Å². The molecule has 1 N–H and O–H groups in total. The number of rotatable bonds is 4. The first kappa shape index (κ1) is 14.5. The van der Waals surface area contributed by atoms with Gasteiger partial charge in [-0.15, -0.1) is 0 Å². The van der Waals surface area contributed by atoms with E-state index < -0.39 is 15.9 Å². The molecule has 0 aliphatic carbocycles. The van der Waals surface area contributed by atoms with Gasteiger partial charge in [-0.2, -0.15) is 0 Å². The fourth-order valence-corrected chi connectivity index (χ4v) is 3.40. The number of benzene rings is 2. The van der Waals surface area contributed by atoms with Crippen molar-refractivity contribution in [3.8, 4) is 0 Å². The summed E-state index contributed by atoms with van der Waals surface area (Å²) >= 11 is 0. The van der Waals surface area contributed by atoms with Gasteiger partial charge in [0.05, 0.1) is 15.9 Å². The van der Waals surface area contributed by atoms with E-state index in [4.69, 9.17) is 0 Å². The molecule has 0 fully saturated rings. The van der Waals surface area contributed by atoms with E-state index in [2.05, 4.69) is 0 Å². The van der Waals surface area contributed by atoms with E-state index >= 15 is 0 Å². The second-order valence-corrected chi connectivity index (χ2v) is 6.40. The number of hydrogen-bond acceptors (Lipinski definition) is 3. The predicted octanol–water partition coefficient (Wildman–Crippen LogP) is 2.88. The van der Waals surface area contributed by atoms with Crippen molar-refractivity contribution in [1.29, 1.82) is 0 Å². The maximum atomic E-state index is 12.5. The van der Waals surface area contributed by atoms with Crippen LogP contribution in [0.2, 0.25) is 0 Å². The van der Waals surface area contributed by atoms with E-state index in [-0.39, 0.29) is 9.80 Å². The second kappa shape index (κ2) is 6.03. The zero-order valence-corrected chi connectivity index (χ0v) is 11.9. The van der Waals surface area contributed by atoms with Crippen molar-refractivity contribution in [3.05, 3.63) is 71.1 Å². The molecule has 0 heterocycles. The number of aliphatic hydroxyl groups excluding tert-OH is 1. The highest BCUT2D eigenvalue weighted by atomic mass is 32.2. The quantitative estimate of drug-likeness (QED) is 0.941. The van der Waals surface area contributed by atoms with Crippen molar-refractivity contribution in [1.82, 2.24) is 0 Å². The van der Waals surface area contributed by atoms with Crippen molar-refractivity contribution in [2.75, 3.05) is 0 Å². The average molecular weight is 288 g/mol.